The van der Waals surface area contributed by atoms with Crippen molar-refractivity contribution in [3.8, 4) is 0 Å². The zero-order chi connectivity index (χ0) is 26.1. The third-order valence-electron chi connectivity index (χ3n) is 6.75. The van der Waals surface area contributed by atoms with Gasteiger partial charge in [-0.3, -0.25) is 14.4 Å². The van der Waals surface area contributed by atoms with Gasteiger partial charge in [-0.2, -0.15) is 0 Å². The van der Waals surface area contributed by atoms with Gasteiger partial charge in [0.25, 0.3) is 0 Å². The number of esters is 2. The molecular weight excluding hydrogens is 466 g/mol. The molecular formula is C27H29NO8. The summed E-state index contributed by atoms with van der Waals surface area (Å²) in [5.41, 5.74) is 2.30. The van der Waals surface area contributed by atoms with E-state index in [0.717, 1.165) is 5.56 Å². The van der Waals surface area contributed by atoms with E-state index >= 15 is 0 Å². The average molecular weight is 496 g/mol. The maximum atomic E-state index is 13.8. The summed E-state index contributed by atoms with van der Waals surface area (Å²) in [6.45, 7) is 5.51. The Bertz CT molecular complexity index is 1370. The maximum Gasteiger partial charge on any atom is 0.336 e. The first kappa shape index (κ1) is 25.4. The van der Waals surface area contributed by atoms with Gasteiger partial charge in [0, 0.05) is 29.6 Å². The molecule has 0 spiro atoms. The van der Waals surface area contributed by atoms with Crippen LogP contribution < -0.4 is 10.7 Å². The molecule has 0 saturated heterocycles. The van der Waals surface area contributed by atoms with Crippen molar-refractivity contribution >= 4 is 28.7 Å². The second-order valence-corrected chi connectivity index (χ2v) is 9.18. The van der Waals surface area contributed by atoms with Gasteiger partial charge >= 0.3 is 11.9 Å². The number of ketones is 1. The number of Topliss-reactive ketones (excluding diaryl/α,β-unsaturated/α-hetero) is 1. The molecule has 2 aromatic rings. The number of dihydropyridines is 1. The minimum absolute atomic E-state index is 0.00791. The van der Waals surface area contributed by atoms with Gasteiger partial charge in [-0.15, -0.1) is 0 Å². The summed E-state index contributed by atoms with van der Waals surface area (Å²) in [7, 11) is 2.71. The van der Waals surface area contributed by atoms with Crippen LogP contribution in [0.5, 0.6) is 0 Å². The van der Waals surface area contributed by atoms with E-state index < -0.39 is 29.6 Å². The van der Waals surface area contributed by atoms with Crippen LogP contribution in [0.1, 0.15) is 37.3 Å². The lowest BCUT2D eigenvalue weighted by Crippen LogP contribution is -2.44. The fourth-order valence-electron chi connectivity index (χ4n) is 5.02. The Kier molecular flexibility index (Phi) is 7.12. The molecule has 0 amide bonds. The number of carbonyl (C=O) groups excluding carboxylic acids is 3. The third-order valence-corrected chi connectivity index (χ3v) is 6.75. The molecule has 1 aliphatic carbocycles. The minimum atomic E-state index is -1.08. The number of ether oxygens (including phenoxy) is 3. The predicted octanol–water partition coefficient (Wildman–Crippen LogP) is 2.90. The minimum Gasteiger partial charge on any atom is -0.468 e. The molecule has 3 atom stereocenters. The zero-order valence-corrected chi connectivity index (χ0v) is 20.9. The first-order valence-corrected chi connectivity index (χ1v) is 11.7. The van der Waals surface area contributed by atoms with Crippen molar-refractivity contribution in [3.05, 3.63) is 68.4 Å². The number of nitrogens with one attached hydrogen (secondary N) is 1. The van der Waals surface area contributed by atoms with Crippen molar-refractivity contribution in [2.75, 3.05) is 27.4 Å². The smallest absolute Gasteiger partial charge is 0.336 e. The Morgan fingerprint density at radius 1 is 1.14 bits per heavy atom. The molecule has 9 heteroatoms. The molecule has 1 aromatic carbocycles. The standard InChI is InChI=1S/C27H29NO8/c1-13-6-7-19-16(10-13)24(29)17(12-36-19)22-21(27(32)35-9-8-33-4)15(3)28-18-11-14(2)20(26(31)34-5)25(30)23(18)22/h6-7,10,12,14,20,22,28H,8-9,11H2,1-5H3/t14-,20+,22+/m0/s1. The normalized spacial score (nSPS) is 21.8. The third kappa shape index (κ3) is 4.35. The molecule has 0 bridgehead atoms. The first-order chi connectivity index (χ1) is 17.2. The number of hydrogen-bond acceptors (Lipinski definition) is 9. The van der Waals surface area contributed by atoms with Crippen LogP contribution in [0.4, 0.5) is 0 Å². The molecule has 0 unspecified atom stereocenters. The lowest BCUT2D eigenvalue weighted by Gasteiger charge is -2.37. The van der Waals surface area contributed by atoms with Gasteiger partial charge in [0.15, 0.2) is 11.2 Å². The van der Waals surface area contributed by atoms with E-state index in [4.69, 9.17) is 18.6 Å². The molecule has 1 aromatic heterocycles. The zero-order valence-electron chi connectivity index (χ0n) is 20.9. The summed E-state index contributed by atoms with van der Waals surface area (Å²) in [6.07, 6.45) is 1.65. The number of rotatable bonds is 6. The highest BCUT2D eigenvalue weighted by Crippen LogP contribution is 2.45. The monoisotopic (exact) mass is 495 g/mol. The summed E-state index contributed by atoms with van der Waals surface area (Å²) in [6, 6.07) is 5.23. The van der Waals surface area contributed by atoms with Gasteiger partial charge < -0.3 is 23.9 Å². The predicted molar refractivity (Wildman–Crippen MR) is 130 cm³/mol. The molecule has 0 radical (unpaired) electrons. The molecule has 190 valence electrons. The van der Waals surface area contributed by atoms with Crippen LogP contribution in [0, 0.1) is 18.8 Å². The first-order valence-electron chi connectivity index (χ1n) is 11.7. The van der Waals surface area contributed by atoms with Gasteiger partial charge in [0.2, 0.25) is 0 Å². The van der Waals surface area contributed by atoms with Gasteiger partial charge in [-0.05, 0) is 38.3 Å². The quantitative estimate of drug-likeness (QED) is 0.366. The molecule has 1 N–H and O–H groups in total. The second-order valence-electron chi connectivity index (χ2n) is 9.18. The lowest BCUT2D eigenvalue weighted by atomic mass is 9.69. The van der Waals surface area contributed by atoms with Gasteiger partial charge in [0.05, 0.1) is 36.9 Å². The number of fused-ring (bicyclic) bond motifs is 1. The summed E-state index contributed by atoms with van der Waals surface area (Å²) >= 11 is 0. The highest BCUT2D eigenvalue weighted by molar-refractivity contribution is 6.12. The number of benzene rings is 1. The lowest BCUT2D eigenvalue weighted by molar-refractivity contribution is -0.151. The highest BCUT2D eigenvalue weighted by atomic mass is 16.6. The van der Waals surface area contributed by atoms with E-state index in [9.17, 15) is 19.2 Å². The number of carbonyl (C=O) groups is 3. The number of methoxy groups -OCH3 is 2. The summed E-state index contributed by atoms with van der Waals surface area (Å²) < 4.78 is 21.1. The van der Waals surface area contributed by atoms with Crippen LogP contribution in [-0.2, 0) is 28.6 Å². The van der Waals surface area contributed by atoms with Crippen LogP contribution in [0.3, 0.4) is 0 Å². The van der Waals surface area contributed by atoms with Crippen LogP contribution in [0.2, 0.25) is 0 Å². The molecule has 2 heterocycles. The molecule has 2 aliphatic rings. The van der Waals surface area contributed by atoms with Crippen molar-refractivity contribution in [1.82, 2.24) is 5.32 Å². The van der Waals surface area contributed by atoms with Crippen molar-refractivity contribution in [3.63, 3.8) is 0 Å². The van der Waals surface area contributed by atoms with Crippen LogP contribution >= 0.6 is 0 Å². The molecule has 36 heavy (non-hydrogen) atoms. The topological polar surface area (TPSA) is 121 Å². The van der Waals surface area contributed by atoms with E-state index in [1.54, 1.807) is 26.0 Å². The fourth-order valence-corrected chi connectivity index (χ4v) is 5.02. The van der Waals surface area contributed by atoms with Crippen LogP contribution in [-0.4, -0.2) is 45.2 Å². The van der Waals surface area contributed by atoms with Crippen LogP contribution in [0.15, 0.2) is 56.2 Å². The number of aryl methyl sites for hydroxylation is 1. The van der Waals surface area contributed by atoms with E-state index in [1.807, 2.05) is 13.0 Å². The summed E-state index contributed by atoms with van der Waals surface area (Å²) in [5.74, 6) is -4.32. The number of hydrogen-bond donors (Lipinski definition) is 1. The molecule has 0 fully saturated rings. The SMILES string of the molecule is COCCOC(=O)C1=C(C)NC2=C(C(=O)[C@H](C(=O)OC)[C@@H](C)C2)[C@@H]1c1coc2ccc(C)cc2c1=O. The average Bonchev–Trinajstić information content (AvgIpc) is 2.83. The Labute approximate surface area is 208 Å². The van der Waals surface area contributed by atoms with Crippen molar-refractivity contribution in [2.45, 2.75) is 33.1 Å². The van der Waals surface area contributed by atoms with Crippen molar-refractivity contribution in [1.29, 1.82) is 0 Å². The summed E-state index contributed by atoms with van der Waals surface area (Å²) in [5, 5.41) is 3.50. The van der Waals surface area contributed by atoms with E-state index in [1.165, 1.54) is 20.5 Å². The highest BCUT2D eigenvalue weighted by Gasteiger charge is 2.48. The Balaban J connectivity index is 1.93. The molecule has 1 aliphatic heterocycles. The van der Waals surface area contributed by atoms with Crippen LogP contribution in [0.25, 0.3) is 11.0 Å². The molecule has 4 rings (SSSR count). The van der Waals surface area contributed by atoms with Gasteiger partial charge in [-0.25, -0.2) is 4.79 Å². The van der Waals surface area contributed by atoms with Gasteiger partial charge in [-0.1, -0.05) is 18.6 Å². The van der Waals surface area contributed by atoms with E-state index in [-0.39, 0.29) is 41.3 Å². The second kappa shape index (κ2) is 10.1. The Morgan fingerprint density at radius 2 is 1.89 bits per heavy atom. The van der Waals surface area contributed by atoms with Crippen molar-refractivity contribution in [2.24, 2.45) is 11.8 Å². The van der Waals surface area contributed by atoms with Gasteiger partial charge in [0.1, 0.15) is 18.1 Å². The number of allylic oxidation sites excluding steroid dienone is 3. The Morgan fingerprint density at radius 3 is 2.58 bits per heavy atom. The fraction of sp³-hybridized carbons (Fsp3) is 0.407. The largest absolute Gasteiger partial charge is 0.468 e. The Hall–Kier alpha value is -3.72. The van der Waals surface area contributed by atoms with Crippen molar-refractivity contribution < 1.29 is 33.0 Å². The molecule has 9 nitrogen and oxygen atoms in total. The van der Waals surface area contributed by atoms with E-state index in [2.05, 4.69) is 5.32 Å². The summed E-state index contributed by atoms with van der Waals surface area (Å²) in [4.78, 5) is 53.4. The maximum absolute atomic E-state index is 13.8. The van der Waals surface area contributed by atoms with E-state index in [0.29, 0.717) is 28.8 Å². The molecule has 0 saturated carbocycles.